The van der Waals surface area contributed by atoms with Crippen LogP contribution in [0.3, 0.4) is 0 Å². The average molecular weight is 307 g/mol. The summed E-state index contributed by atoms with van der Waals surface area (Å²) in [5, 5.41) is 3.42. The summed E-state index contributed by atoms with van der Waals surface area (Å²) in [7, 11) is 4.00. The highest BCUT2D eigenvalue weighted by Gasteiger charge is 2.11. The van der Waals surface area contributed by atoms with Gasteiger partial charge in [0.2, 0.25) is 0 Å². The van der Waals surface area contributed by atoms with Gasteiger partial charge in [-0.05, 0) is 23.8 Å². The van der Waals surface area contributed by atoms with Crippen molar-refractivity contribution in [1.29, 1.82) is 0 Å². The Morgan fingerprint density at radius 1 is 1.13 bits per heavy atom. The maximum absolute atomic E-state index is 11.1. The number of aromatic nitrogens is 2. The van der Waals surface area contributed by atoms with Gasteiger partial charge in [-0.15, -0.1) is 0 Å². The molecule has 2 heterocycles. The molecule has 3 N–H and O–H groups in total. The predicted octanol–water partition coefficient (Wildman–Crippen LogP) is 2.85. The highest BCUT2D eigenvalue weighted by atomic mass is 16.2. The third-order valence-corrected chi connectivity index (χ3v) is 3.58. The van der Waals surface area contributed by atoms with Crippen LogP contribution in [-0.2, 0) is 0 Å². The number of fused-ring (bicyclic) bond motifs is 1. The minimum atomic E-state index is -0.660. The first-order valence-corrected chi connectivity index (χ1v) is 7.14. The molecule has 6 nitrogen and oxygen atoms in total. The number of pyridine rings is 2. The van der Waals surface area contributed by atoms with E-state index in [-0.39, 0.29) is 0 Å². The zero-order valence-electron chi connectivity index (χ0n) is 12.9. The Bertz CT molecular complexity index is 858. The van der Waals surface area contributed by atoms with E-state index in [9.17, 15) is 4.79 Å². The van der Waals surface area contributed by atoms with Crippen LogP contribution in [0.25, 0.3) is 22.0 Å². The molecule has 0 radical (unpaired) electrons. The fourth-order valence-corrected chi connectivity index (χ4v) is 2.45. The molecule has 0 spiro atoms. The summed E-state index contributed by atoms with van der Waals surface area (Å²) in [5.74, 6) is 0.363. The van der Waals surface area contributed by atoms with Crippen molar-refractivity contribution < 1.29 is 4.79 Å². The Morgan fingerprint density at radius 2 is 1.87 bits per heavy atom. The molecular formula is C17H17N5O. The van der Waals surface area contributed by atoms with Crippen molar-refractivity contribution in [3.05, 3.63) is 48.8 Å². The number of nitrogens with zero attached hydrogens (tertiary/aromatic N) is 3. The Labute approximate surface area is 134 Å². The Hall–Kier alpha value is -3.15. The van der Waals surface area contributed by atoms with E-state index in [1.54, 1.807) is 12.4 Å². The monoisotopic (exact) mass is 307 g/mol. The fraction of sp³-hybridized carbons (Fsp3) is 0.118. The van der Waals surface area contributed by atoms with E-state index in [1.807, 2.05) is 55.4 Å². The lowest BCUT2D eigenvalue weighted by atomic mass is 10.0. The quantitative estimate of drug-likeness (QED) is 0.779. The Kier molecular flexibility index (Phi) is 3.80. The summed E-state index contributed by atoms with van der Waals surface area (Å²) in [6.45, 7) is 0. The maximum Gasteiger partial charge on any atom is 0.317 e. The minimum Gasteiger partial charge on any atom is -0.378 e. The molecule has 0 atom stereocenters. The van der Waals surface area contributed by atoms with Gasteiger partial charge in [0.25, 0.3) is 0 Å². The van der Waals surface area contributed by atoms with Gasteiger partial charge < -0.3 is 10.6 Å². The molecule has 0 bridgehead atoms. The van der Waals surface area contributed by atoms with Crippen LogP contribution in [0.1, 0.15) is 0 Å². The first kappa shape index (κ1) is 14.8. The number of benzene rings is 1. The molecule has 3 rings (SSSR count). The first-order valence-electron chi connectivity index (χ1n) is 7.14. The zero-order chi connectivity index (χ0) is 16.4. The number of urea groups is 1. The summed E-state index contributed by atoms with van der Waals surface area (Å²) in [4.78, 5) is 21.8. The summed E-state index contributed by atoms with van der Waals surface area (Å²) in [6.07, 6.45) is 3.38. The third-order valence-electron chi connectivity index (χ3n) is 3.58. The second-order valence-electron chi connectivity index (χ2n) is 5.35. The molecule has 6 heteroatoms. The third kappa shape index (κ3) is 2.91. The minimum absolute atomic E-state index is 0.363. The van der Waals surface area contributed by atoms with Crippen molar-refractivity contribution in [2.75, 3.05) is 24.3 Å². The maximum atomic E-state index is 11.1. The molecule has 0 aliphatic heterocycles. The van der Waals surface area contributed by atoms with Gasteiger partial charge in [-0.25, -0.2) is 9.78 Å². The topological polar surface area (TPSA) is 84.1 Å². The molecule has 0 unspecified atom stereocenters. The SMILES string of the molecule is CN(C)c1ccc(-c2cnc(NC(N)=O)c3ncccc23)cc1. The summed E-state index contributed by atoms with van der Waals surface area (Å²) < 4.78 is 0. The van der Waals surface area contributed by atoms with E-state index in [0.29, 0.717) is 11.3 Å². The first-order chi connectivity index (χ1) is 11.1. The summed E-state index contributed by atoms with van der Waals surface area (Å²) in [5.41, 5.74) is 8.91. The van der Waals surface area contributed by atoms with Crippen LogP contribution in [0.5, 0.6) is 0 Å². The van der Waals surface area contributed by atoms with Crippen LogP contribution >= 0.6 is 0 Å². The van der Waals surface area contributed by atoms with E-state index in [2.05, 4.69) is 15.3 Å². The van der Waals surface area contributed by atoms with Gasteiger partial charge in [-0.3, -0.25) is 10.3 Å². The van der Waals surface area contributed by atoms with Crippen molar-refractivity contribution in [3.63, 3.8) is 0 Å². The number of hydrogen-bond donors (Lipinski definition) is 2. The van der Waals surface area contributed by atoms with Crippen molar-refractivity contribution >= 4 is 28.4 Å². The average Bonchev–Trinajstić information content (AvgIpc) is 2.55. The van der Waals surface area contributed by atoms with E-state index >= 15 is 0 Å². The Balaban J connectivity index is 2.13. The molecule has 0 saturated carbocycles. The van der Waals surface area contributed by atoms with Gasteiger partial charge in [0, 0.05) is 43.1 Å². The molecule has 0 aliphatic rings. The van der Waals surface area contributed by atoms with Gasteiger partial charge >= 0.3 is 6.03 Å². The molecule has 116 valence electrons. The van der Waals surface area contributed by atoms with Gasteiger partial charge in [0.15, 0.2) is 5.82 Å². The lowest BCUT2D eigenvalue weighted by Gasteiger charge is -2.14. The number of anilines is 2. The normalized spacial score (nSPS) is 10.5. The van der Waals surface area contributed by atoms with Crippen LogP contribution in [0, 0.1) is 0 Å². The molecule has 1 aromatic carbocycles. The van der Waals surface area contributed by atoms with Crippen LogP contribution in [0.4, 0.5) is 16.3 Å². The van der Waals surface area contributed by atoms with Gasteiger partial charge in [-0.2, -0.15) is 0 Å². The van der Waals surface area contributed by atoms with Crippen LogP contribution < -0.4 is 16.0 Å². The number of nitrogens with one attached hydrogen (secondary N) is 1. The smallest absolute Gasteiger partial charge is 0.317 e. The number of rotatable bonds is 3. The van der Waals surface area contributed by atoms with E-state index in [0.717, 1.165) is 22.2 Å². The van der Waals surface area contributed by atoms with Gasteiger partial charge in [-0.1, -0.05) is 18.2 Å². The molecule has 2 amide bonds. The number of carbonyl (C=O) groups is 1. The van der Waals surface area contributed by atoms with Gasteiger partial charge in [0.1, 0.15) is 5.52 Å². The van der Waals surface area contributed by atoms with E-state index < -0.39 is 6.03 Å². The molecule has 0 saturated heterocycles. The standard InChI is InChI=1S/C17H17N5O/c1-22(2)12-7-5-11(6-8-12)14-10-20-16(21-17(18)23)15-13(14)4-3-9-19-15/h3-10H,1-2H3,(H3,18,20,21,23). The van der Waals surface area contributed by atoms with Crippen molar-refractivity contribution in [3.8, 4) is 11.1 Å². The molecular weight excluding hydrogens is 290 g/mol. The zero-order valence-corrected chi connectivity index (χ0v) is 12.9. The Morgan fingerprint density at radius 3 is 2.52 bits per heavy atom. The van der Waals surface area contributed by atoms with Crippen molar-refractivity contribution in [2.45, 2.75) is 0 Å². The van der Waals surface area contributed by atoms with Crippen LogP contribution in [-0.4, -0.2) is 30.1 Å². The molecule has 23 heavy (non-hydrogen) atoms. The molecule has 0 aliphatic carbocycles. The fourth-order valence-electron chi connectivity index (χ4n) is 2.45. The molecule has 0 fully saturated rings. The number of amides is 2. The second kappa shape index (κ2) is 5.92. The second-order valence-corrected chi connectivity index (χ2v) is 5.35. The van der Waals surface area contributed by atoms with Crippen molar-refractivity contribution in [2.24, 2.45) is 5.73 Å². The molecule has 3 aromatic rings. The summed E-state index contributed by atoms with van der Waals surface area (Å²) in [6, 6.07) is 11.3. The van der Waals surface area contributed by atoms with E-state index in [1.165, 1.54) is 0 Å². The highest BCUT2D eigenvalue weighted by Crippen LogP contribution is 2.31. The highest BCUT2D eigenvalue weighted by molar-refractivity contribution is 6.03. The molecule has 2 aromatic heterocycles. The largest absolute Gasteiger partial charge is 0.378 e. The van der Waals surface area contributed by atoms with Crippen LogP contribution in [0.2, 0.25) is 0 Å². The number of hydrogen-bond acceptors (Lipinski definition) is 4. The van der Waals surface area contributed by atoms with Crippen LogP contribution in [0.15, 0.2) is 48.8 Å². The lowest BCUT2D eigenvalue weighted by Crippen LogP contribution is -2.20. The predicted molar refractivity (Wildman–Crippen MR) is 92.5 cm³/mol. The summed E-state index contributed by atoms with van der Waals surface area (Å²) >= 11 is 0. The number of carbonyl (C=O) groups excluding carboxylic acids is 1. The lowest BCUT2D eigenvalue weighted by molar-refractivity contribution is 0.259. The number of primary amides is 1. The van der Waals surface area contributed by atoms with Crippen molar-refractivity contribution in [1.82, 2.24) is 9.97 Å². The van der Waals surface area contributed by atoms with Gasteiger partial charge in [0.05, 0.1) is 0 Å². The van der Waals surface area contributed by atoms with E-state index in [4.69, 9.17) is 5.73 Å². The number of nitrogens with two attached hydrogens (primary N) is 1.